The Kier molecular flexibility index (Phi) is 3.44. The number of hydrogen-bond donors (Lipinski definition) is 1. The normalized spacial score (nSPS) is 28.3. The van der Waals surface area contributed by atoms with E-state index in [-0.39, 0.29) is 5.41 Å². The second-order valence-corrected chi connectivity index (χ2v) is 5.78. The van der Waals surface area contributed by atoms with Crippen molar-refractivity contribution in [3.63, 3.8) is 0 Å². The Hall–Kier alpha value is -0.570. The van der Waals surface area contributed by atoms with Crippen molar-refractivity contribution in [3.05, 3.63) is 0 Å². The van der Waals surface area contributed by atoms with Crippen LogP contribution in [-0.2, 0) is 4.79 Å². The third-order valence-electron chi connectivity index (χ3n) is 3.27. The maximum Gasteiger partial charge on any atom is 0.324 e. The molecule has 1 saturated heterocycles. The van der Waals surface area contributed by atoms with Crippen LogP contribution in [-0.4, -0.2) is 34.6 Å². The minimum Gasteiger partial charge on any atom is -0.480 e. The summed E-state index contributed by atoms with van der Waals surface area (Å²) >= 11 is 0. The second kappa shape index (κ2) is 4.12. The molecule has 3 nitrogen and oxygen atoms in total. The number of likely N-dealkylation sites (tertiary alicyclic amines) is 1. The molecule has 1 rings (SSSR count). The highest BCUT2D eigenvalue weighted by Crippen LogP contribution is 2.35. The van der Waals surface area contributed by atoms with E-state index in [1.54, 1.807) is 0 Å². The molecule has 0 saturated carbocycles. The van der Waals surface area contributed by atoms with E-state index in [2.05, 4.69) is 25.7 Å². The number of carboxylic acid groups (broad SMARTS) is 1. The zero-order chi connectivity index (χ0) is 11.7. The van der Waals surface area contributed by atoms with E-state index < -0.39 is 11.5 Å². The zero-order valence-electron chi connectivity index (χ0n) is 10.3. The molecule has 0 aromatic carbocycles. The molecule has 1 heterocycles. The molecule has 1 unspecified atom stereocenters. The van der Waals surface area contributed by atoms with Crippen LogP contribution in [0.15, 0.2) is 0 Å². The van der Waals surface area contributed by atoms with Crippen LogP contribution < -0.4 is 0 Å². The Bertz CT molecular complexity index is 244. The van der Waals surface area contributed by atoms with Crippen molar-refractivity contribution in [3.8, 4) is 0 Å². The molecule has 0 radical (unpaired) electrons. The Balaban J connectivity index is 2.83. The largest absolute Gasteiger partial charge is 0.480 e. The van der Waals surface area contributed by atoms with E-state index in [4.69, 9.17) is 0 Å². The summed E-state index contributed by atoms with van der Waals surface area (Å²) in [6.07, 6.45) is 2.52. The van der Waals surface area contributed by atoms with Crippen LogP contribution in [0.1, 0.15) is 47.0 Å². The lowest BCUT2D eigenvalue weighted by Gasteiger charge is -2.37. The Morgan fingerprint density at radius 3 is 2.47 bits per heavy atom. The summed E-state index contributed by atoms with van der Waals surface area (Å²) in [5.41, 5.74) is -0.423. The minimum absolute atomic E-state index is 0.167. The number of rotatable bonds is 3. The maximum atomic E-state index is 11.4. The van der Waals surface area contributed by atoms with Gasteiger partial charge in [-0.15, -0.1) is 0 Å². The number of hydrogen-bond acceptors (Lipinski definition) is 2. The molecule has 0 spiro atoms. The summed E-state index contributed by atoms with van der Waals surface area (Å²) in [4.78, 5) is 13.6. The smallest absolute Gasteiger partial charge is 0.324 e. The number of carbonyl (C=O) groups is 1. The molecular formula is C12H23NO2. The Labute approximate surface area is 92.5 Å². The topological polar surface area (TPSA) is 40.5 Å². The molecule has 88 valence electrons. The summed E-state index contributed by atoms with van der Waals surface area (Å²) in [6, 6.07) is 0. The Morgan fingerprint density at radius 1 is 1.47 bits per heavy atom. The van der Waals surface area contributed by atoms with Crippen LogP contribution in [0.2, 0.25) is 0 Å². The van der Waals surface area contributed by atoms with Crippen molar-refractivity contribution in [2.75, 3.05) is 13.1 Å². The van der Waals surface area contributed by atoms with Crippen LogP contribution in [0, 0.1) is 5.41 Å². The summed E-state index contributed by atoms with van der Waals surface area (Å²) in [5, 5.41) is 9.39. The molecular weight excluding hydrogens is 190 g/mol. The highest BCUT2D eigenvalue weighted by atomic mass is 16.4. The summed E-state index contributed by atoms with van der Waals surface area (Å²) in [5.74, 6) is -0.647. The average molecular weight is 213 g/mol. The van der Waals surface area contributed by atoms with Crippen molar-refractivity contribution in [1.29, 1.82) is 0 Å². The SMILES string of the molecule is CCC1(C(=O)O)CCCN1CC(C)(C)C. The molecule has 1 N–H and O–H groups in total. The average Bonchev–Trinajstić information content (AvgIpc) is 2.45. The third-order valence-corrected chi connectivity index (χ3v) is 3.27. The molecule has 1 fully saturated rings. The van der Waals surface area contributed by atoms with E-state index >= 15 is 0 Å². The fraction of sp³-hybridized carbons (Fsp3) is 0.917. The van der Waals surface area contributed by atoms with Crippen LogP contribution in [0.5, 0.6) is 0 Å². The molecule has 0 aromatic rings. The first-order valence-corrected chi connectivity index (χ1v) is 5.80. The van der Waals surface area contributed by atoms with E-state index in [0.717, 1.165) is 25.9 Å². The molecule has 0 aromatic heterocycles. The first-order chi connectivity index (χ1) is 6.82. The van der Waals surface area contributed by atoms with Gasteiger partial charge in [-0.05, 0) is 31.2 Å². The number of carboxylic acids is 1. The van der Waals surface area contributed by atoms with Gasteiger partial charge in [0.05, 0.1) is 0 Å². The van der Waals surface area contributed by atoms with Gasteiger partial charge in [-0.1, -0.05) is 27.7 Å². The van der Waals surface area contributed by atoms with E-state index in [0.29, 0.717) is 6.42 Å². The molecule has 1 atom stereocenters. The highest BCUT2D eigenvalue weighted by molar-refractivity contribution is 5.79. The van der Waals surface area contributed by atoms with Gasteiger partial charge in [0.25, 0.3) is 0 Å². The number of nitrogens with zero attached hydrogens (tertiary/aromatic N) is 1. The maximum absolute atomic E-state index is 11.4. The standard InChI is InChI=1S/C12H23NO2/c1-5-12(10(14)15)7-6-8-13(12)9-11(2,3)4/h5-9H2,1-4H3,(H,14,15). The lowest BCUT2D eigenvalue weighted by Crippen LogP contribution is -2.52. The highest BCUT2D eigenvalue weighted by Gasteiger charge is 2.46. The molecule has 15 heavy (non-hydrogen) atoms. The predicted molar refractivity (Wildman–Crippen MR) is 60.9 cm³/mol. The monoisotopic (exact) mass is 213 g/mol. The molecule has 0 amide bonds. The summed E-state index contributed by atoms with van der Waals surface area (Å²) in [7, 11) is 0. The van der Waals surface area contributed by atoms with Gasteiger partial charge >= 0.3 is 5.97 Å². The van der Waals surface area contributed by atoms with Gasteiger partial charge < -0.3 is 5.11 Å². The quantitative estimate of drug-likeness (QED) is 0.782. The van der Waals surface area contributed by atoms with Crippen molar-refractivity contribution >= 4 is 5.97 Å². The predicted octanol–water partition coefficient (Wildman–Crippen LogP) is 2.36. The van der Waals surface area contributed by atoms with Crippen molar-refractivity contribution in [2.45, 2.75) is 52.5 Å². The fourth-order valence-corrected chi connectivity index (χ4v) is 2.53. The molecule has 0 aliphatic carbocycles. The minimum atomic E-state index is -0.647. The van der Waals surface area contributed by atoms with E-state index in [9.17, 15) is 9.90 Å². The molecule has 1 aliphatic heterocycles. The van der Waals surface area contributed by atoms with E-state index in [1.165, 1.54) is 0 Å². The van der Waals surface area contributed by atoms with Gasteiger partial charge in [-0.25, -0.2) is 0 Å². The summed E-state index contributed by atoms with van der Waals surface area (Å²) in [6.45, 7) is 10.3. The van der Waals surface area contributed by atoms with Gasteiger partial charge in [0, 0.05) is 6.54 Å². The lowest BCUT2D eigenvalue weighted by atomic mass is 9.89. The van der Waals surface area contributed by atoms with Gasteiger partial charge in [-0.3, -0.25) is 9.69 Å². The third kappa shape index (κ3) is 2.51. The zero-order valence-corrected chi connectivity index (χ0v) is 10.3. The molecule has 1 aliphatic rings. The summed E-state index contributed by atoms with van der Waals surface area (Å²) < 4.78 is 0. The van der Waals surface area contributed by atoms with Crippen molar-refractivity contribution in [1.82, 2.24) is 4.90 Å². The Morgan fingerprint density at radius 2 is 2.07 bits per heavy atom. The first-order valence-electron chi connectivity index (χ1n) is 5.80. The van der Waals surface area contributed by atoms with E-state index in [1.807, 2.05) is 6.92 Å². The van der Waals surface area contributed by atoms with Gasteiger partial charge in [-0.2, -0.15) is 0 Å². The molecule has 0 bridgehead atoms. The first kappa shape index (κ1) is 12.5. The van der Waals surface area contributed by atoms with Gasteiger partial charge in [0.15, 0.2) is 0 Å². The van der Waals surface area contributed by atoms with Crippen LogP contribution in [0.3, 0.4) is 0 Å². The van der Waals surface area contributed by atoms with Crippen molar-refractivity contribution < 1.29 is 9.90 Å². The van der Waals surface area contributed by atoms with Crippen LogP contribution in [0.4, 0.5) is 0 Å². The van der Waals surface area contributed by atoms with Gasteiger partial charge in [0.1, 0.15) is 5.54 Å². The lowest BCUT2D eigenvalue weighted by molar-refractivity contribution is -0.150. The van der Waals surface area contributed by atoms with Crippen LogP contribution >= 0.6 is 0 Å². The van der Waals surface area contributed by atoms with Gasteiger partial charge in [0.2, 0.25) is 0 Å². The fourth-order valence-electron chi connectivity index (χ4n) is 2.53. The van der Waals surface area contributed by atoms with Crippen molar-refractivity contribution in [2.24, 2.45) is 5.41 Å². The van der Waals surface area contributed by atoms with Crippen LogP contribution in [0.25, 0.3) is 0 Å². The number of aliphatic carboxylic acids is 1. The molecule has 3 heteroatoms. The second-order valence-electron chi connectivity index (χ2n) is 5.78.